The molecule has 0 fully saturated rings. The van der Waals surface area contributed by atoms with Gasteiger partial charge in [-0.2, -0.15) is 0 Å². The van der Waals surface area contributed by atoms with Crippen LogP contribution in [0, 0.1) is 13.8 Å². The molecule has 2 aromatic carbocycles. The summed E-state index contributed by atoms with van der Waals surface area (Å²) in [6, 6.07) is 13.1. The summed E-state index contributed by atoms with van der Waals surface area (Å²) in [4.78, 5) is 1.19. The van der Waals surface area contributed by atoms with E-state index < -0.39 is 0 Å². The van der Waals surface area contributed by atoms with E-state index in [0.29, 0.717) is 0 Å². The van der Waals surface area contributed by atoms with Gasteiger partial charge in [0.1, 0.15) is 0 Å². The fraction of sp³-hybridized carbons (Fsp3) is 0.222. The topological polar surface area (TPSA) is 12.0 Å². The van der Waals surface area contributed by atoms with Crippen molar-refractivity contribution < 1.29 is 0 Å². The lowest BCUT2D eigenvalue weighted by atomic mass is 9.95. The zero-order chi connectivity index (χ0) is 15.0. The standard InChI is InChI=1S/C18H18ClNS/c1-11-8-9-15(14-7-5-4-6-13(11)14)17(20-3)18-16(19)12(2)10-21-18/h4-10,17,20H,1-3H3. The smallest absolute Gasteiger partial charge is 0.0689 e. The first-order chi connectivity index (χ1) is 10.1. The van der Waals surface area contributed by atoms with E-state index in [9.17, 15) is 0 Å². The van der Waals surface area contributed by atoms with Crippen LogP contribution in [0.4, 0.5) is 0 Å². The van der Waals surface area contributed by atoms with Gasteiger partial charge in [-0.25, -0.2) is 0 Å². The molecule has 0 saturated heterocycles. The molecular formula is C18H18ClNS. The summed E-state index contributed by atoms with van der Waals surface area (Å²) < 4.78 is 0. The summed E-state index contributed by atoms with van der Waals surface area (Å²) in [5, 5.41) is 9.02. The average molecular weight is 316 g/mol. The second kappa shape index (κ2) is 5.80. The number of thiophene rings is 1. The van der Waals surface area contributed by atoms with Crippen LogP contribution >= 0.6 is 22.9 Å². The Hall–Kier alpha value is -1.35. The van der Waals surface area contributed by atoms with Crippen molar-refractivity contribution in [2.24, 2.45) is 0 Å². The van der Waals surface area contributed by atoms with Crippen LogP contribution in [0.15, 0.2) is 41.8 Å². The van der Waals surface area contributed by atoms with Crippen molar-refractivity contribution >= 4 is 33.7 Å². The van der Waals surface area contributed by atoms with Crippen molar-refractivity contribution in [1.29, 1.82) is 0 Å². The highest BCUT2D eigenvalue weighted by molar-refractivity contribution is 7.10. The molecule has 1 N–H and O–H groups in total. The van der Waals surface area contributed by atoms with Crippen molar-refractivity contribution in [3.63, 3.8) is 0 Å². The highest BCUT2D eigenvalue weighted by Gasteiger charge is 2.20. The van der Waals surface area contributed by atoms with E-state index in [4.69, 9.17) is 11.6 Å². The number of hydrogen-bond acceptors (Lipinski definition) is 2. The Morgan fingerprint density at radius 3 is 2.33 bits per heavy atom. The number of benzene rings is 2. The second-order valence-corrected chi connectivity index (χ2v) is 6.63. The van der Waals surface area contributed by atoms with Crippen molar-refractivity contribution in [2.45, 2.75) is 19.9 Å². The normalized spacial score (nSPS) is 12.8. The van der Waals surface area contributed by atoms with E-state index in [1.165, 1.54) is 26.8 Å². The Bertz CT molecular complexity index is 791. The molecule has 0 aliphatic carbocycles. The predicted molar refractivity (Wildman–Crippen MR) is 93.7 cm³/mol. The van der Waals surface area contributed by atoms with Gasteiger partial charge in [0.05, 0.1) is 11.1 Å². The van der Waals surface area contributed by atoms with E-state index in [2.05, 4.69) is 60.9 Å². The van der Waals surface area contributed by atoms with Gasteiger partial charge in [0.25, 0.3) is 0 Å². The van der Waals surface area contributed by atoms with Gasteiger partial charge in [0, 0.05) is 4.88 Å². The zero-order valence-corrected chi connectivity index (χ0v) is 14.0. The predicted octanol–water partition coefficient (Wildman–Crippen LogP) is 5.48. The maximum absolute atomic E-state index is 6.49. The van der Waals surface area contributed by atoms with E-state index in [1.54, 1.807) is 11.3 Å². The first kappa shape index (κ1) is 14.6. The molecule has 3 aromatic rings. The van der Waals surface area contributed by atoms with Crippen molar-refractivity contribution in [1.82, 2.24) is 5.32 Å². The molecule has 3 rings (SSSR count). The van der Waals surface area contributed by atoms with Gasteiger partial charge >= 0.3 is 0 Å². The maximum Gasteiger partial charge on any atom is 0.0689 e. The van der Waals surface area contributed by atoms with Crippen LogP contribution in [0.2, 0.25) is 5.02 Å². The Morgan fingerprint density at radius 2 is 1.71 bits per heavy atom. The van der Waals surface area contributed by atoms with Crippen LogP contribution in [0.1, 0.15) is 27.6 Å². The lowest BCUT2D eigenvalue weighted by Crippen LogP contribution is -2.17. The minimum absolute atomic E-state index is 0.127. The molecule has 0 bridgehead atoms. The summed E-state index contributed by atoms with van der Waals surface area (Å²) in [5.41, 5.74) is 3.73. The van der Waals surface area contributed by atoms with E-state index >= 15 is 0 Å². The van der Waals surface area contributed by atoms with E-state index in [-0.39, 0.29) is 6.04 Å². The van der Waals surface area contributed by atoms with E-state index in [1.807, 2.05) is 7.05 Å². The summed E-state index contributed by atoms with van der Waals surface area (Å²) in [6.45, 7) is 4.21. The third kappa shape index (κ3) is 2.48. The molecule has 0 aliphatic rings. The molecule has 0 spiro atoms. The highest BCUT2D eigenvalue weighted by Crippen LogP contribution is 2.38. The molecule has 1 aromatic heterocycles. The molecule has 108 valence electrons. The molecule has 0 saturated carbocycles. The van der Waals surface area contributed by atoms with Gasteiger partial charge in [0.15, 0.2) is 0 Å². The summed E-state index contributed by atoms with van der Waals surface area (Å²) in [5.74, 6) is 0. The van der Waals surface area contributed by atoms with Gasteiger partial charge in [0.2, 0.25) is 0 Å². The van der Waals surface area contributed by atoms with Gasteiger partial charge in [-0.05, 0) is 53.7 Å². The van der Waals surface area contributed by atoms with Crippen LogP contribution in [-0.4, -0.2) is 7.05 Å². The van der Waals surface area contributed by atoms with Gasteiger partial charge in [-0.1, -0.05) is 48.0 Å². The quantitative estimate of drug-likeness (QED) is 0.674. The molecule has 1 unspecified atom stereocenters. The minimum Gasteiger partial charge on any atom is -0.309 e. The summed E-state index contributed by atoms with van der Waals surface area (Å²) in [7, 11) is 1.99. The molecule has 1 nitrogen and oxygen atoms in total. The molecule has 0 aliphatic heterocycles. The first-order valence-corrected chi connectivity index (χ1v) is 8.28. The number of aryl methyl sites for hydroxylation is 2. The van der Waals surface area contributed by atoms with Gasteiger partial charge in [-0.3, -0.25) is 0 Å². The Labute approximate surface area is 134 Å². The lowest BCUT2D eigenvalue weighted by Gasteiger charge is -2.19. The highest BCUT2D eigenvalue weighted by atomic mass is 35.5. The van der Waals surface area contributed by atoms with Gasteiger partial charge in [-0.15, -0.1) is 11.3 Å². The molecule has 1 atom stereocenters. The fourth-order valence-corrected chi connectivity index (χ4v) is 4.23. The molecule has 0 radical (unpaired) electrons. The van der Waals surface area contributed by atoms with Crippen LogP contribution in [0.3, 0.4) is 0 Å². The largest absolute Gasteiger partial charge is 0.309 e. The van der Waals surface area contributed by atoms with Gasteiger partial charge < -0.3 is 5.32 Å². The first-order valence-electron chi connectivity index (χ1n) is 7.02. The summed E-state index contributed by atoms with van der Waals surface area (Å²) in [6.07, 6.45) is 0. The molecule has 0 amide bonds. The summed E-state index contributed by atoms with van der Waals surface area (Å²) >= 11 is 8.21. The molecule has 1 heterocycles. The monoisotopic (exact) mass is 315 g/mol. The fourth-order valence-electron chi connectivity index (χ4n) is 2.80. The Morgan fingerprint density at radius 1 is 1.00 bits per heavy atom. The van der Waals surface area contributed by atoms with Crippen LogP contribution in [0.5, 0.6) is 0 Å². The number of hydrogen-bond donors (Lipinski definition) is 1. The van der Waals surface area contributed by atoms with E-state index in [0.717, 1.165) is 10.6 Å². The zero-order valence-electron chi connectivity index (χ0n) is 12.4. The third-order valence-electron chi connectivity index (χ3n) is 3.96. The number of rotatable bonds is 3. The molecule has 3 heteroatoms. The lowest BCUT2D eigenvalue weighted by molar-refractivity contribution is 0.709. The SMILES string of the molecule is CNC(c1scc(C)c1Cl)c1ccc(C)c2ccccc12. The molecule has 21 heavy (non-hydrogen) atoms. The Balaban J connectivity index is 2.23. The maximum atomic E-state index is 6.49. The van der Waals surface area contributed by atoms with Crippen molar-refractivity contribution in [3.8, 4) is 0 Å². The number of nitrogens with one attached hydrogen (secondary N) is 1. The molecular weight excluding hydrogens is 298 g/mol. The number of halogens is 1. The third-order valence-corrected chi connectivity index (χ3v) is 5.74. The Kier molecular flexibility index (Phi) is 4.03. The average Bonchev–Trinajstić information content (AvgIpc) is 2.83. The number of fused-ring (bicyclic) bond motifs is 1. The van der Waals surface area contributed by atoms with Crippen LogP contribution in [0.25, 0.3) is 10.8 Å². The minimum atomic E-state index is 0.127. The van der Waals surface area contributed by atoms with Crippen molar-refractivity contribution in [2.75, 3.05) is 7.05 Å². The van der Waals surface area contributed by atoms with Crippen molar-refractivity contribution in [3.05, 3.63) is 68.4 Å². The second-order valence-electron chi connectivity index (χ2n) is 5.34. The van der Waals surface area contributed by atoms with Crippen LogP contribution < -0.4 is 5.32 Å². The van der Waals surface area contributed by atoms with Crippen LogP contribution in [-0.2, 0) is 0 Å².